The minimum atomic E-state index is 0.696. The van der Waals surface area contributed by atoms with E-state index in [4.69, 9.17) is 4.74 Å². The first-order chi connectivity index (χ1) is 13.1. The maximum atomic E-state index is 9.51. The number of fused-ring (bicyclic) bond motifs is 3. The number of nitriles is 1. The molecule has 0 radical (unpaired) electrons. The largest absolute Gasteiger partial charge is 0.495 e. The van der Waals surface area contributed by atoms with Crippen LogP contribution in [0.15, 0.2) is 42.5 Å². The van der Waals surface area contributed by atoms with Gasteiger partial charge in [-0.05, 0) is 87.4 Å². The maximum absolute atomic E-state index is 9.51. The standard InChI is InChI=1S/C24H20INO/c1-4-15-9-10-18(19-12-16-7-5-6-8-17(16)22(15)19)20-11-14(2)21(13-26)23(25)24(20)27-3/h5-11H,4,12H2,1-3H3. The smallest absolute Gasteiger partial charge is 0.141 e. The van der Waals surface area contributed by atoms with Crippen LogP contribution in [-0.4, -0.2) is 7.11 Å². The van der Waals surface area contributed by atoms with Crippen LogP contribution in [0, 0.1) is 21.8 Å². The predicted octanol–water partition coefficient (Wildman–Crippen LogP) is 6.28. The fraction of sp³-hybridized carbons (Fsp3) is 0.208. The van der Waals surface area contributed by atoms with E-state index in [9.17, 15) is 5.26 Å². The van der Waals surface area contributed by atoms with E-state index in [0.29, 0.717) is 5.56 Å². The van der Waals surface area contributed by atoms with Crippen molar-refractivity contribution in [2.24, 2.45) is 0 Å². The molecule has 27 heavy (non-hydrogen) atoms. The Bertz CT molecular complexity index is 1110. The van der Waals surface area contributed by atoms with Crippen molar-refractivity contribution in [3.63, 3.8) is 0 Å². The van der Waals surface area contributed by atoms with Gasteiger partial charge in [-0.3, -0.25) is 0 Å². The minimum absolute atomic E-state index is 0.696. The van der Waals surface area contributed by atoms with Gasteiger partial charge in [0.2, 0.25) is 0 Å². The summed E-state index contributed by atoms with van der Waals surface area (Å²) in [7, 11) is 1.69. The van der Waals surface area contributed by atoms with Crippen LogP contribution in [0.4, 0.5) is 0 Å². The van der Waals surface area contributed by atoms with Gasteiger partial charge in [0.1, 0.15) is 11.8 Å². The molecule has 3 heteroatoms. The average Bonchev–Trinajstić information content (AvgIpc) is 3.07. The lowest BCUT2D eigenvalue weighted by atomic mass is 9.89. The summed E-state index contributed by atoms with van der Waals surface area (Å²) < 4.78 is 6.65. The molecule has 1 aliphatic carbocycles. The Morgan fingerprint density at radius 1 is 1.11 bits per heavy atom. The van der Waals surface area contributed by atoms with Gasteiger partial charge in [0.25, 0.3) is 0 Å². The predicted molar refractivity (Wildman–Crippen MR) is 118 cm³/mol. The van der Waals surface area contributed by atoms with Crippen LogP contribution in [0.25, 0.3) is 22.3 Å². The van der Waals surface area contributed by atoms with Crippen LogP contribution < -0.4 is 4.74 Å². The second kappa shape index (κ2) is 7.01. The second-order valence-electron chi connectivity index (χ2n) is 6.89. The molecule has 0 spiro atoms. The van der Waals surface area contributed by atoms with Crippen molar-refractivity contribution in [1.29, 1.82) is 5.26 Å². The molecule has 0 aliphatic heterocycles. The molecule has 0 atom stereocenters. The van der Waals surface area contributed by atoms with E-state index in [-0.39, 0.29) is 0 Å². The van der Waals surface area contributed by atoms with Gasteiger partial charge < -0.3 is 4.74 Å². The van der Waals surface area contributed by atoms with Gasteiger partial charge in [-0.15, -0.1) is 0 Å². The van der Waals surface area contributed by atoms with Crippen LogP contribution in [0.2, 0.25) is 0 Å². The number of benzene rings is 3. The van der Waals surface area contributed by atoms with Gasteiger partial charge in [0.15, 0.2) is 0 Å². The number of hydrogen-bond acceptors (Lipinski definition) is 2. The number of methoxy groups -OCH3 is 1. The summed E-state index contributed by atoms with van der Waals surface area (Å²) in [5, 5.41) is 9.51. The number of rotatable bonds is 3. The molecule has 4 rings (SSSR count). The van der Waals surface area contributed by atoms with Crippen LogP contribution in [0.1, 0.15) is 34.7 Å². The molecule has 0 saturated carbocycles. The first-order valence-corrected chi connectivity index (χ1v) is 10.2. The van der Waals surface area contributed by atoms with Crippen molar-refractivity contribution < 1.29 is 4.74 Å². The maximum Gasteiger partial charge on any atom is 0.141 e. The minimum Gasteiger partial charge on any atom is -0.495 e. The highest BCUT2D eigenvalue weighted by molar-refractivity contribution is 14.1. The molecule has 2 nitrogen and oxygen atoms in total. The Morgan fingerprint density at radius 2 is 1.89 bits per heavy atom. The summed E-state index contributed by atoms with van der Waals surface area (Å²) >= 11 is 2.23. The van der Waals surface area contributed by atoms with E-state index < -0.39 is 0 Å². The molecule has 0 aromatic heterocycles. The average molecular weight is 465 g/mol. The molecule has 0 N–H and O–H groups in total. The summed E-state index contributed by atoms with van der Waals surface area (Å²) in [5.74, 6) is 0.792. The zero-order valence-corrected chi connectivity index (χ0v) is 17.8. The Balaban J connectivity index is 2.03. The Hall–Kier alpha value is -2.32. The summed E-state index contributed by atoms with van der Waals surface area (Å²) in [5.41, 5.74) is 10.8. The van der Waals surface area contributed by atoms with Crippen molar-refractivity contribution in [2.45, 2.75) is 26.7 Å². The normalized spacial score (nSPS) is 11.7. The van der Waals surface area contributed by atoms with E-state index >= 15 is 0 Å². The van der Waals surface area contributed by atoms with Gasteiger partial charge in [-0.2, -0.15) is 5.26 Å². The molecule has 0 amide bonds. The second-order valence-corrected chi connectivity index (χ2v) is 7.97. The first kappa shape index (κ1) is 18.1. The Kier molecular flexibility index (Phi) is 4.69. The number of ether oxygens (including phenoxy) is 1. The van der Waals surface area contributed by atoms with Crippen LogP contribution in [-0.2, 0) is 12.8 Å². The topological polar surface area (TPSA) is 33.0 Å². The van der Waals surface area contributed by atoms with Gasteiger partial charge in [-0.25, -0.2) is 0 Å². The molecule has 3 aromatic rings. The molecule has 0 bridgehead atoms. The van der Waals surface area contributed by atoms with Crippen molar-refractivity contribution in [3.05, 3.63) is 73.9 Å². The summed E-state index contributed by atoms with van der Waals surface area (Å²) in [6.45, 7) is 4.21. The number of nitrogens with zero attached hydrogens (tertiary/aromatic N) is 1. The van der Waals surface area contributed by atoms with Gasteiger partial charge in [0, 0.05) is 5.56 Å². The molecule has 134 valence electrons. The molecule has 0 unspecified atom stereocenters. The summed E-state index contributed by atoms with van der Waals surface area (Å²) in [4.78, 5) is 0. The van der Waals surface area contributed by atoms with E-state index in [1.54, 1.807) is 7.11 Å². The van der Waals surface area contributed by atoms with Gasteiger partial charge in [0.05, 0.1) is 16.2 Å². The number of aryl methyl sites for hydroxylation is 2. The first-order valence-electron chi connectivity index (χ1n) is 9.11. The van der Waals surface area contributed by atoms with Gasteiger partial charge in [-0.1, -0.05) is 43.3 Å². The number of hydrogen-bond donors (Lipinski definition) is 0. The van der Waals surface area contributed by atoms with Crippen molar-refractivity contribution >= 4 is 22.6 Å². The highest BCUT2D eigenvalue weighted by Crippen LogP contribution is 2.47. The number of halogens is 1. The van der Waals surface area contributed by atoms with E-state index in [1.807, 2.05) is 6.92 Å². The highest BCUT2D eigenvalue weighted by atomic mass is 127. The molecule has 3 aromatic carbocycles. The molecule has 0 heterocycles. The van der Waals surface area contributed by atoms with Crippen LogP contribution in [0.3, 0.4) is 0 Å². The third-order valence-corrected chi connectivity index (χ3v) is 6.49. The monoisotopic (exact) mass is 465 g/mol. The lowest BCUT2D eigenvalue weighted by Crippen LogP contribution is -2.00. The van der Waals surface area contributed by atoms with Crippen LogP contribution in [0.5, 0.6) is 5.75 Å². The summed E-state index contributed by atoms with van der Waals surface area (Å²) in [6.07, 6.45) is 1.95. The lowest BCUT2D eigenvalue weighted by molar-refractivity contribution is 0.413. The van der Waals surface area contributed by atoms with Gasteiger partial charge >= 0.3 is 0 Å². The van der Waals surface area contributed by atoms with Crippen LogP contribution >= 0.6 is 22.6 Å². The fourth-order valence-electron chi connectivity index (χ4n) is 4.17. The Labute approximate surface area is 173 Å². The fourth-order valence-corrected chi connectivity index (χ4v) is 5.22. The van der Waals surface area contributed by atoms with Crippen molar-refractivity contribution in [1.82, 2.24) is 0 Å². The van der Waals surface area contributed by atoms with Crippen molar-refractivity contribution in [2.75, 3.05) is 7.11 Å². The molecule has 0 saturated heterocycles. The van der Waals surface area contributed by atoms with E-state index in [0.717, 1.165) is 33.3 Å². The molecular formula is C24H20INO. The third kappa shape index (κ3) is 2.74. The van der Waals surface area contributed by atoms with E-state index in [1.165, 1.54) is 33.4 Å². The van der Waals surface area contributed by atoms with Crippen molar-refractivity contribution in [3.8, 4) is 34.1 Å². The molecular weight excluding hydrogens is 445 g/mol. The highest BCUT2D eigenvalue weighted by Gasteiger charge is 2.26. The van der Waals surface area contributed by atoms with E-state index in [2.05, 4.69) is 78.0 Å². The summed E-state index contributed by atoms with van der Waals surface area (Å²) in [6, 6.07) is 17.6. The zero-order chi connectivity index (χ0) is 19.1. The quantitative estimate of drug-likeness (QED) is 0.334. The third-order valence-electron chi connectivity index (χ3n) is 5.46. The SMILES string of the molecule is CCc1ccc(-c2cc(C)c(C#N)c(I)c2OC)c2c1-c1ccccc1C2. The lowest BCUT2D eigenvalue weighted by Gasteiger charge is -2.18. The molecule has 0 fully saturated rings. The Morgan fingerprint density at radius 3 is 2.59 bits per heavy atom. The molecule has 1 aliphatic rings. The zero-order valence-electron chi connectivity index (χ0n) is 15.7.